The van der Waals surface area contributed by atoms with E-state index in [9.17, 15) is 13.2 Å². The van der Waals surface area contributed by atoms with Crippen LogP contribution in [-0.2, 0) is 6.42 Å². The molecule has 0 aliphatic rings. The third kappa shape index (κ3) is 4.93. The number of benzene rings is 1. The molecule has 0 unspecified atom stereocenters. The highest BCUT2D eigenvalue weighted by atomic mass is 19.4. The summed E-state index contributed by atoms with van der Waals surface area (Å²) in [6.07, 6.45) is -0.466. The van der Waals surface area contributed by atoms with Gasteiger partial charge in [-0.2, -0.15) is 0 Å². The van der Waals surface area contributed by atoms with Gasteiger partial charge in [0.25, 0.3) is 0 Å². The molecule has 0 bridgehead atoms. The van der Waals surface area contributed by atoms with Crippen LogP contribution in [0.5, 0.6) is 5.75 Å². The summed E-state index contributed by atoms with van der Waals surface area (Å²) in [6, 6.07) is 4.58. The number of rotatable bonds is 5. The van der Waals surface area contributed by atoms with E-state index in [1.807, 2.05) is 13.0 Å². The molecule has 0 radical (unpaired) electrons. The van der Waals surface area contributed by atoms with Crippen LogP contribution in [0.3, 0.4) is 0 Å². The lowest BCUT2D eigenvalue weighted by molar-refractivity contribution is -0.274. The van der Waals surface area contributed by atoms with Crippen LogP contribution in [0.1, 0.15) is 30.9 Å². The number of hydrogen-bond acceptors (Lipinski definition) is 1. The van der Waals surface area contributed by atoms with Crippen LogP contribution in [0.25, 0.3) is 6.08 Å². The van der Waals surface area contributed by atoms with Gasteiger partial charge in [0.1, 0.15) is 5.75 Å². The average Bonchev–Trinajstić information content (AvgIpc) is 2.23. The fourth-order valence-corrected chi connectivity index (χ4v) is 1.52. The Balaban J connectivity index is 2.92. The van der Waals surface area contributed by atoms with Crippen LogP contribution in [-0.4, -0.2) is 6.36 Å². The van der Waals surface area contributed by atoms with E-state index in [2.05, 4.69) is 11.3 Å². The van der Waals surface area contributed by atoms with Crippen molar-refractivity contribution in [2.24, 2.45) is 0 Å². The van der Waals surface area contributed by atoms with Crippen molar-refractivity contribution < 1.29 is 17.9 Å². The highest BCUT2D eigenvalue weighted by Crippen LogP contribution is 2.26. The van der Waals surface area contributed by atoms with Crippen molar-refractivity contribution >= 4 is 6.08 Å². The Morgan fingerprint density at radius 2 is 2.00 bits per heavy atom. The third-order valence-electron chi connectivity index (χ3n) is 2.28. The molecule has 0 atom stereocenters. The Bertz CT molecular complexity index is 383. The van der Waals surface area contributed by atoms with Crippen LogP contribution in [0, 0.1) is 0 Å². The zero-order chi connectivity index (χ0) is 12.9. The maximum atomic E-state index is 12.1. The van der Waals surface area contributed by atoms with Gasteiger partial charge in [0.2, 0.25) is 0 Å². The van der Waals surface area contributed by atoms with Crippen molar-refractivity contribution in [2.45, 2.75) is 32.5 Å². The smallest absolute Gasteiger partial charge is 0.406 e. The minimum absolute atomic E-state index is 0.180. The first-order valence-electron chi connectivity index (χ1n) is 5.46. The molecular formula is C13H15F3O. The van der Waals surface area contributed by atoms with Gasteiger partial charge in [0.15, 0.2) is 0 Å². The van der Waals surface area contributed by atoms with Gasteiger partial charge in [0.05, 0.1) is 0 Å². The van der Waals surface area contributed by atoms with Crippen molar-refractivity contribution in [3.63, 3.8) is 0 Å². The van der Waals surface area contributed by atoms with Crippen molar-refractivity contribution in [3.8, 4) is 5.75 Å². The first-order chi connectivity index (χ1) is 7.94. The SMILES string of the molecule is C=Cc1cc(CCCC)cc(OC(F)(F)F)c1. The highest BCUT2D eigenvalue weighted by Gasteiger charge is 2.31. The van der Waals surface area contributed by atoms with E-state index in [1.54, 1.807) is 0 Å². The molecule has 0 saturated carbocycles. The molecule has 0 aliphatic heterocycles. The quantitative estimate of drug-likeness (QED) is 0.737. The summed E-state index contributed by atoms with van der Waals surface area (Å²) in [5.41, 5.74) is 1.47. The molecule has 0 fully saturated rings. The van der Waals surface area contributed by atoms with Crippen LogP contribution < -0.4 is 4.74 Å². The van der Waals surface area contributed by atoms with Crippen molar-refractivity contribution in [3.05, 3.63) is 35.9 Å². The largest absolute Gasteiger partial charge is 0.573 e. The lowest BCUT2D eigenvalue weighted by Gasteiger charge is -2.11. The van der Waals surface area contributed by atoms with Gasteiger partial charge in [-0.3, -0.25) is 0 Å². The molecule has 4 heteroatoms. The van der Waals surface area contributed by atoms with Crippen molar-refractivity contribution in [1.82, 2.24) is 0 Å². The maximum Gasteiger partial charge on any atom is 0.573 e. The molecular weight excluding hydrogens is 229 g/mol. The van der Waals surface area contributed by atoms with Gasteiger partial charge >= 0.3 is 6.36 Å². The van der Waals surface area contributed by atoms with Gasteiger partial charge < -0.3 is 4.74 Å². The molecule has 0 spiro atoms. The van der Waals surface area contributed by atoms with E-state index in [4.69, 9.17) is 0 Å². The lowest BCUT2D eigenvalue weighted by Crippen LogP contribution is -2.17. The monoisotopic (exact) mass is 244 g/mol. The van der Waals surface area contributed by atoms with E-state index in [1.165, 1.54) is 18.2 Å². The van der Waals surface area contributed by atoms with Crippen LogP contribution >= 0.6 is 0 Å². The molecule has 1 rings (SSSR count). The molecule has 1 aromatic carbocycles. The molecule has 0 heterocycles. The average molecular weight is 244 g/mol. The number of hydrogen-bond donors (Lipinski definition) is 0. The standard InChI is InChI=1S/C13H15F3O/c1-3-5-6-11-7-10(4-2)8-12(9-11)17-13(14,15)16/h4,7-9H,2-3,5-6H2,1H3. The minimum atomic E-state index is -4.65. The first-order valence-corrected chi connectivity index (χ1v) is 5.46. The maximum absolute atomic E-state index is 12.1. The predicted octanol–water partition coefficient (Wildman–Crippen LogP) is 4.57. The molecule has 0 amide bonds. The lowest BCUT2D eigenvalue weighted by atomic mass is 10.0. The molecule has 1 aromatic rings. The van der Waals surface area contributed by atoms with Gasteiger partial charge in [0, 0.05) is 0 Å². The molecule has 0 N–H and O–H groups in total. The third-order valence-corrected chi connectivity index (χ3v) is 2.28. The predicted molar refractivity (Wildman–Crippen MR) is 61.8 cm³/mol. The van der Waals surface area contributed by atoms with Gasteiger partial charge in [-0.1, -0.05) is 32.1 Å². The fourth-order valence-electron chi connectivity index (χ4n) is 1.52. The Labute approximate surface area is 98.9 Å². The fraction of sp³-hybridized carbons (Fsp3) is 0.385. The van der Waals surface area contributed by atoms with E-state index in [0.717, 1.165) is 24.8 Å². The molecule has 0 aromatic heterocycles. The van der Waals surface area contributed by atoms with E-state index in [0.29, 0.717) is 5.56 Å². The molecule has 0 saturated heterocycles. The molecule has 1 nitrogen and oxygen atoms in total. The van der Waals surface area contributed by atoms with Gasteiger partial charge in [-0.25, -0.2) is 0 Å². The number of ether oxygens (including phenoxy) is 1. The summed E-state index contributed by atoms with van der Waals surface area (Å²) in [7, 11) is 0. The Kier molecular flexibility index (Phi) is 4.61. The summed E-state index contributed by atoms with van der Waals surface area (Å²) in [5, 5.41) is 0. The van der Waals surface area contributed by atoms with Gasteiger partial charge in [-0.15, -0.1) is 13.2 Å². The van der Waals surface area contributed by atoms with Crippen LogP contribution in [0.4, 0.5) is 13.2 Å². The summed E-state index contributed by atoms with van der Waals surface area (Å²) >= 11 is 0. The molecule has 17 heavy (non-hydrogen) atoms. The molecule has 94 valence electrons. The number of alkyl halides is 3. The second-order valence-electron chi connectivity index (χ2n) is 3.77. The zero-order valence-corrected chi connectivity index (χ0v) is 9.68. The van der Waals surface area contributed by atoms with Gasteiger partial charge in [-0.05, 0) is 36.1 Å². The van der Waals surface area contributed by atoms with E-state index >= 15 is 0 Å². The Morgan fingerprint density at radius 3 is 2.53 bits per heavy atom. The van der Waals surface area contributed by atoms with Crippen molar-refractivity contribution in [2.75, 3.05) is 0 Å². The second kappa shape index (κ2) is 5.75. The summed E-state index contributed by atoms with van der Waals surface area (Å²) in [6.45, 7) is 5.59. The highest BCUT2D eigenvalue weighted by molar-refractivity contribution is 5.51. The molecule has 0 aliphatic carbocycles. The number of aryl methyl sites for hydroxylation is 1. The Hall–Kier alpha value is -1.45. The normalized spacial score (nSPS) is 11.3. The zero-order valence-electron chi connectivity index (χ0n) is 9.68. The topological polar surface area (TPSA) is 9.23 Å². The Morgan fingerprint density at radius 1 is 1.29 bits per heavy atom. The van der Waals surface area contributed by atoms with Crippen LogP contribution in [0.2, 0.25) is 0 Å². The van der Waals surface area contributed by atoms with E-state index in [-0.39, 0.29) is 5.75 Å². The second-order valence-corrected chi connectivity index (χ2v) is 3.77. The summed E-state index contributed by atoms with van der Waals surface area (Å²) < 4.78 is 40.3. The summed E-state index contributed by atoms with van der Waals surface area (Å²) in [5.74, 6) is -0.180. The first kappa shape index (κ1) is 13.6. The van der Waals surface area contributed by atoms with Crippen LogP contribution in [0.15, 0.2) is 24.8 Å². The van der Waals surface area contributed by atoms with E-state index < -0.39 is 6.36 Å². The number of unbranched alkanes of at least 4 members (excludes halogenated alkanes) is 1. The summed E-state index contributed by atoms with van der Waals surface area (Å²) in [4.78, 5) is 0. The minimum Gasteiger partial charge on any atom is -0.406 e. The number of halogens is 3. The van der Waals surface area contributed by atoms with Crippen molar-refractivity contribution in [1.29, 1.82) is 0 Å².